The molecule has 0 aliphatic heterocycles. The molecule has 0 bridgehead atoms. The predicted molar refractivity (Wildman–Crippen MR) is 74.5 cm³/mol. The summed E-state index contributed by atoms with van der Waals surface area (Å²) in [6.45, 7) is 2.10. The lowest BCUT2D eigenvalue weighted by atomic mass is 10.1. The minimum atomic E-state index is 0.479. The van der Waals surface area contributed by atoms with Gasteiger partial charge in [-0.2, -0.15) is 5.26 Å². The summed E-state index contributed by atoms with van der Waals surface area (Å²) in [5, 5.41) is 9.26. The van der Waals surface area contributed by atoms with Crippen LogP contribution in [0.3, 0.4) is 0 Å². The van der Waals surface area contributed by atoms with Gasteiger partial charge in [0.05, 0.1) is 16.1 Å². The van der Waals surface area contributed by atoms with Crippen molar-refractivity contribution in [1.82, 2.24) is 4.98 Å². The molecule has 0 aliphatic carbocycles. The summed E-state index contributed by atoms with van der Waals surface area (Å²) < 4.78 is 0. The van der Waals surface area contributed by atoms with E-state index in [1.165, 1.54) is 4.88 Å². The van der Waals surface area contributed by atoms with Crippen LogP contribution in [-0.2, 0) is 6.42 Å². The molecule has 0 unspecified atom stereocenters. The maximum atomic E-state index is 9.26. The van der Waals surface area contributed by atoms with E-state index in [2.05, 4.69) is 18.0 Å². The molecule has 2 aromatic heterocycles. The molecule has 0 saturated carbocycles. The summed E-state index contributed by atoms with van der Waals surface area (Å²) in [5.41, 5.74) is 7.85. The predicted octanol–water partition coefficient (Wildman–Crippen LogP) is 3.06. The lowest BCUT2D eigenvalue weighted by Gasteiger charge is -2.03. The minimum Gasteiger partial charge on any atom is -0.396 e. The van der Waals surface area contributed by atoms with Crippen molar-refractivity contribution in [1.29, 1.82) is 5.26 Å². The molecule has 0 aliphatic rings. The van der Waals surface area contributed by atoms with Crippen LogP contribution in [0, 0.1) is 11.3 Å². The van der Waals surface area contributed by atoms with E-state index in [9.17, 15) is 5.26 Å². The lowest BCUT2D eigenvalue weighted by molar-refractivity contribution is 1.19. The second kappa shape index (κ2) is 5.48. The number of hydrogen-bond acceptors (Lipinski definition) is 4. The van der Waals surface area contributed by atoms with Gasteiger partial charge in [-0.25, -0.2) is 0 Å². The smallest absolute Gasteiger partial charge is 0.102 e. The van der Waals surface area contributed by atoms with E-state index >= 15 is 0 Å². The van der Waals surface area contributed by atoms with E-state index in [-0.39, 0.29) is 0 Å². The molecule has 2 N–H and O–H groups in total. The molecule has 90 valence electrons. The molecule has 0 aromatic carbocycles. The van der Waals surface area contributed by atoms with E-state index in [4.69, 9.17) is 5.73 Å². The molecule has 0 saturated heterocycles. The van der Waals surface area contributed by atoms with Crippen LogP contribution in [0.1, 0.15) is 22.2 Å². The number of nitrogens with two attached hydrogens (primary N) is 1. The summed E-state index contributed by atoms with van der Waals surface area (Å²) in [5.74, 6) is 0. The zero-order chi connectivity index (χ0) is 13.0. The van der Waals surface area contributed by atoms with Crippen molar-refractivity contribution in [2.45, 2.75) is 13.3 Å². The number of allylic oxidation sites excluding steroid dienone is 1. The van der Waals surface area contributed by atoms with Crippen LogP contribution in [0.4, 0.5) is 0 Å². The fraction of sp³-hybridized carbons (Fsp3) is 0.143. The van der Waals surface area contributed by atoms with Crippen molar-refractivity contribution in [3.05, 3.63) is 52.0 Å². The zero-order valence-corrected chi connectivity index (χ0v) is 10.9. The molecule has 0 fully saturated rings. The summed E-state index contributed by atoms with van der Waals surface area (Å²) in [6.07, 6.45) is 4.31. The highest BCUT2D eigenvalue weighted by Crippen LogP contribution is 2.27. The highest BCUT2D eigenvalue weighted by molar-refractivity contribution is 7.13. The Balaban J connectivity index is 2.47. The molecule has 0 amide bonds. The van der Waals surface area contributed by atoms with Crippen molar-refractivity contribution in [2.75, 3.05) is 0 Å². The summed E-state index contributed by atoms with van der Waals surface area (Å²) in [6, 6.07) is 9.81. The fourth-order valence-corrected chi connectivity index (χ4v) is 2.54. The first-order chi connectivity index (χ1) is 8.76. The largest absolute Gasteiger partial charge is 0.396 e. The van der Waals surface area contributed by atoms with Gasteiger partial charge in [0.15, 0.2) is 0 Å². The molecule has 2 aromatic rings. The molecule has 0 radical (unpaired) electrons. The Labute approximate surface area is 110 Å². The van der Waals surface area contributed by atoms with E-state index in [1.54, 1.807) is 29.8 Å². The van der Waals surface area contributed by atoms with Gasteiger partial charge < -0.3 is 5.73 Å². The normalized spacial score (nSPS) is 11.8. The third kappa shape index (κ3) is 2.41. The Kier molecular flexibility index (Phi) is 3.75. The summed E-state index contributed by atoms with van der Waals surface area (Å²) >= 11 is 1.62. The van der Waals surface area contributed by atoms with E-state index in [0.29, 0.717) is 11.3 Å². The SMILES string of the molecule is CCc1ccc(/C(N)=C(/C#N)c2cccnc2)s1. The maximum Gasteiger partial charge on any atom is 0.102 e. The number of aromatic nitrogens is 1. The Morgan fingerprint density at radius 3 is 2.83 bits per heavy atom. The molecule has 0 atom stereocenters. The first kappa shape index (κ1) is 12.3. The molecule has 4 heteroatoms. The van der Waals surface area contributed by atoms with Crippen LogP contribution in [0.25, 0.3) is 11.3 Å². The van der Waals surface area contributed by atoms with Crippen LogP contribution >= 0.6 is 11.3 Å². The standard InChI is InChI=1S/C14H13N3S/c1-2-11-5-6-13(18-11)14(16)12(8-15)10-4-3-7-17-9-10/h3-7,9H,2,16H2,1H3/b14-12+. The third-order valence-corrected chi connectivity index (χ3v) is 3.87. The van der Waals surface area contributed by atoms with Gasteiger partial charge in [0.2, 0.25) is 0 Å². The monoisotopic (exact) mass is 255 g/mol. The van der Waals surface area contributed by atoms with Gasteiger partial charge in [-0.15, -0.1) is 11.3 Å². The molecule has 18 heavy (non-hydrogen) atoms. The van der Waals surface area contributed by atoms with E-state index in [0.717, 1.165) is 16.9 Å². The van der Waals surface area contributed by atoms with Crippen molar-refractivity contribution >= 4 is 22.6 Å². The Morgan fingerprint density at radius 2 is 2.28 bits per heavy atom. The minimum absolute atomic E-state index is 0.479. The van der Waals surface area contributed by atoms with Gasteiger partial charge in [-0.3, -0.25) is 4.98 Å². The van der Waals surface area contributed by atoms with Crippen LogP contribution < -0.4 is 5.73 Å². The van der Waals surface area contributed by atoms with Crippen molar-refractivity contribution in [2.24, 2.45) is 5.73 Å². The number of nitrogens with zero attached hydrogens (tertiary/aromatic N) is 2. The van der Waals surface area contributed by atoms with Crippen LogP contribution in [-0.4, -0.2) is 4.98 Å². The van der Waals surface area contributed by atoms with E-state index < -0.39 is 0 Å². The lowest BCUT2D eigenvalue weighted by Crippen LogP contribution is -1.98. The molecule has 2 heterocycles. The van der Waals surface area contributed by atoms with Crippen LogP contribution in [0.15, 0.2) is 36.7 Å². The Bertz CT molecular complexity index is 605. The molecule has 0 spiro atoms. The number of aryl methyl sites for hydroxylation is 1. The van der Waals surface area contributed by atoms with Gasteiger partial charge in [-0.05, 0) is 24.6 Å². The second-order valence-electron chi connectivity index (χ2n) is 3.76. The van der Waals surface area contributed by atoms with Crippen molar-refractivity contribution < 1.29 is 0 Å². The first-order valence-electron chi connectivity index (χ1n) is 5.65. The average Bonchev–Trinajstić information content (AvgIpc) is 2.89. The molecule has 2 rings (SSSR count). The highest BCUT2D eigenvalue weighted by Gasteiger charge is 2.10. The highest BCUT2D eigenvalue weighted by atomic mass is 32.1. The quantitative estimate of drug-likeness (QED) is 0.857. The number of hydrogen-bond donors (Lipinski definition) is 1. The number of rotatable bonds is 3. The third-order valence-electron chi connectivity index (χ3n) is 2.61. The number of nitriles is 1. The van der Waals surface area contributed by atoms with Gasteiger partial charge in [0.1, 0.15) is 6.07 Å². The van der Waals surface area contributed by atoms with E-state index in [1.807, 2.05) is 18.2 Å². The van der Waals surface area contributed by atoms with Gasteiger partial charge in [0, 0.05) is 22.8 Å². The fourth-order valence-electron chi connectivity index (χ4n) is 1.63. The first-order valence-corrected chi connectivity index (χ1v) is 6.47. The Hall–Kier alpha value is -2.12. The molecular weight excluding hydrogens is 242 g/mol. The van der Waals surface area contributed by atoms with Crippen molar-refractivity contribution in [3.8, 4) is 6.07 Å². The zero-order valence-electron chi connectivity index (χ0n) is 10.1. The molecule has 3 nitrogen and oxygen atoms in total. The number of pyridine rings is 1. The molecular formula is C14H13N3S. The second-order valence-corrected chi connectivity index (χ2v) is 4.93. The Morgan fingerprint density at radius 1 is 1.44 bits per heavy atom. The average molecular weight is 255 g/mol. The van der Waals surface area contributed by atoms with Gasteiger partial charge >= 0.3 is 0 Å². The summed E-state index contributed by atoms with van der Waals surface area (Å²) in [4.78, 5) is 6.21. The maximum absolute atomic E-state index is 9.26. The van der Waals surface area contributed by atoms with Gasteiger partial charge in [0.25, 0.3) is 0 Å². The van der Waals surface area contributed by atoms with Crippen LogP contribution in [0.2, 0.25) is 0 Å². The van der Waals surface area contributed by atoms with Crippen LogP contribution in [0.5, 0.6) is 0 Å². The van der Waals surface area contributed by atoms with Crippen molar-refractivity contribution in [3.63, 3.8) is 0 Å². The van der Waals surface area contributed by atoms with Gasteiger partial charge in [-0.1, -0.05) is 13.0 Å². The number of thiophene rings is 1. The summed E-state index contributed by atoms with van der Waals surface area (Å²) in [7, 11) is 0. The topological polar surface area (TPSA) is 62.7 Å².